The summed E-state index contributed by atoms with van der Waals surface area (Å²) < 4.78 is 47.6. The standard InChI is InChI=1S/C26H31F3O3/c1-3-16(14-23(28)26(30)31)17-8-10-18(11-9-17)19-12-13-20(24(15-19)32-4-2)21-6-5-7-22(27)25(21)29/h5-7,12-13,15-18,23H,3-4,8-11,14H2,1-2H3,(H,30,31)/t16?,17?,18?,23-/m0/s1. The average Bonchev–Trinajstić information content (AvgIpc) is 2.79. The Kier molecular flexibility index (Phi) is 8.21. The van der Waals surface area contributed by atoms with Crippen molar-refractivity contribution in [2.75, 3.05) is 6.61 Å². The van der Waals surface area contributed by atoms with Crippen LogP contribution in [0.5, 0.6) is 5.75 Å². The third-order valence-corrected chi connectivity index (χ3v) is 6.76. The lowest BCUT2D eigenvalue weighted by Gasteiger charge is -2.34. The highest BCUT2D eigenvalue weighted by Gasteiger charge is 2.31. The molecule has 6 heteroatoms. The van der Waals surface area contributed by atoms with Gasteiger partial charge in [0.1, 0.15) is 5.75 Å². The Balaban J connectivity index is 1.75. The maximum Gasteiger partial charge on any atom is 0.338 e. The number of benzene rings is 2. The Hall–Kier alpha value is -2.50. The van der Waals surface area contributed by atoms with Crippen molar-refractivity contribution in [2.24, 2.45) is 11.8 Å². The molecule has 1 aliphatic carbocycles. The summed E-state index contributed by atoms with van der Waals surface area (Å²) in [7, 11) is 0. The van der Waals surface area contributed by atoms with Crippen molar-refractivity contribution < 1.29 is 27.8 Å². The van der Waals surface area contributed by atoms with Gasteiger partial charge in [0.15, 0.2) is 17.8 Å². The average molecular weight is 449 g/mol. The van der Waals surface area contributed by atoms with Crippen LogP contribution in [0.1, 0.15) is 63.9 Å². The van der Waals surface area contributed by atoms with E-state index in [1.807, 2.05) is 26.0 Å². The van der Waals surface area contributed by atoms with Gasteiger partial charge in [0.2, 0.25) is 0 Å². The second-order valence-corrected chi connectivity index (χ2v) is 8.61. The van der Waals surface area contributed by atoms with Crippen LogP contribution in [0.4, 0.5) is 13.2 Å². The number of carboxylic acid groups (broad SMARTS) is 1. The van der Waals surface area contributed by atoms with Crippen LogP contribution in [0.3, 0.4) is 0 Å². The van der Waals surface area contributed by atoms with E-state index in [1.54, 1.807) is 12.1 Å². The molecule has 32 heavy (non-hydrogen) atoms. The van der Waals surface area contributed by atoms with Gasteiger partial charge in [-0.25, -0.2) is 18.0 Å². The zero-order chi connectivity index (χ0) is 23.3. The van der Waals surface area contributed by atoms with Gasteiger partial charge in [-0.3, -0.25) is 0 Å². The largest absolute Gasteiger partial charge is 0.493 e. The van der Waals surface area contributed by atoms with Crippen molar-refractivity contribution >= 4 is 5.97 Å². The Morgan fingerprint density at radius 1 is 1.09 bits per heavy atom. The minimum Gasteiger partial charge on any atom is -0.493 e. The van der Waals surface area contributed by atoms with Crippen molar-refractivity contribution in [3.63, 3.8) is 0 Å². The first kappa shape index (κ1) is 24.1. The summed E-state index contributed by atoms with van der Waals surface area (Å²) >= 11 is 0. The molecule has 0 amide bonds. The topological polar surface area (TPSA) is 46.5 Å². The molecule has 1 aliphatic rings. The van der Waals surface area contributed by atoms with Gasteiger partial charge in [0, 0.05) is 11.1 Å². The lowest BCUT2D eigenvalue weighted by Crippen LogP contribution is -2.26. The zero-order valence-corrected chi connectivity index (χ0v) is 18.6. The van der Waals surface area contributed by atoms with Crippen LogP contribution in [0.2, 0.25) is 0 Å². The van der Waals surface area contributed by atoms with Crippen molar-refractivity contribution in [3.05, 3.63) is 53.6 Å². The first-order valence-electron chi connectivity index (χ1n) is 11.4. The van der Waals surface area contributed by atoms with Gasteiger partial charge in [0.05, 0.1) is 6.61 Å². The highest BCUT2D eigenvalue weighted by Crippen LogP contribution is 2.43. The minimum absolute atomic E-state index is 0.0689. The highest BCUT2D eigenvalue weighted by molar-refractivity contribution is 5.72. The Bertz CT molecular complexity index is 923. The van der Waals surface area contributed by atoms with Crippen LogP contribution in [0.15, 0.2) is 36.4 Å². The van der Waals surface area contributed by atoms with Crippen LogP contribution in [-0.4, -0.2) is 23.9 Å². The third-order valence-electron chi connectivity index (χ3n) is 6.76. The predicted molar refractivity (Wildman–Crippen MR) is 119 cm³/mol. The van der Waals surface area contributed by atoms with Crippen molar-refractivity contribution in [2.45, 2.75) is 64.5 Å². The second-order valence-electron chi connectivity index (χ2n) is 8.61. The normalized spacial score (nSPS) is 20.5. The van der Waals surface area contributed by atoms with E-state index < -0.39 is 23.8 Å². The number of hydrogen-bond donors (Lipinski definition) is 1. The highest BCUT2D eigenvalue weighted by atomic mass is 19.2. The molecule has 1 fully saturated rings. The molecule has 0 radical (unpaired) electrons. The van der Waals surface area contributed by atoms with E-state index >= 15 is 0 Å². The fraction of sp³-hybridized carbons (Fsp3) is 0.500. The summed E-state index contributed by atoms with van der Waals surface area (Å²) in [5, 5.41) is 8.89. The predicted octanol–water partition coefficient (Wildman–Crippen LogP) is 7.14. The number of rotatable bonds is 9. The quantitative estimate of drug-likeness (QED) is 0.443. The van der Waals surface area contributed by atoms with E-state index in [0.717, 1.165) is 43.7 Å². The summed E-state index contributed by atoms with van der Waals surface area (Å²) in [4.78, 5) is 10.9. The first-order chi connectivity index (χ1) is 15.3. The summed E-state index contributed by atoms with van der Waals surface area (Å²) in [6.07, 6.45) is 2.71. The molecule has 0 spiro atoms. The van der Waals surface area contributed by atoms with E-state index in [2.05, 4.69) is 0 Å². The van der Waals surface area contributed by atoms with Crippen LogP contribution < -0.4 is 4.74 Å². The molecule has 3 nitrogen and oxygen atoms in total. The molecule has 0 aliphatic heterocycles. The number of halogens is 3. The summed E-state index contributed by atoms with van der Waals surface area (Å²) in [6, 6.07) is 9.78. The van der Waals surface area contributed by atoms with E-state index in [9.17, 15) is 18.0 Å². The molecule has 2 atom stereocenters. The van der Waals surface area contributed by atoms with Gasteiger partial charge < -0.3 is 9.84 Å². The summed E-state index contributed by atoms with van der Waals surface area (Å²) in [5.41, 5.74) is 1.79. The van der Waals surface area contributed by atoms with Gasteiger partial charge in [-0.15, -0.1) is 0 Å². The molecular formula is C26H31F3O3. The van der Waals surface area contributed by atoms with Gasteiger partial charge in [0.25, 0.3) is 0 Å². The van der Waals surface area contributed by atoms with Crippen LogP contribution in [0, 0.1) is 23.5 Å². The Morgan fingerprint density at radius 3 is 2.44 bits per heavy atom. The lowest BCUT2D eigenvalue weighted by atomic mass is 9.71. The van der Waals surface area contributed by atoms with E-state index in [-0.39, 0.29) is 17.9 Å². The molecule has 1 unspecified atom stereocenters. The Morgan fingerprint density at radius 2 is 1.81 bits per heavy atom. The van der Waals surface area contributed by atoms with Crippen LogP contribution in [-0.2, 0) is 4.79 Å². The molecular weight excluding hydrogens is 417 g/mol. The zero-order valence-electron chi connectivity index (χ0n) is 18.6. The number of aliphatic carboxylic acids is 1. The smallest absolute Gasteiger partial charge is 0.338 e. The monoisotopic (exact) mass is 448 g/mol. The second kappa shape index (κ2) is 10.9. The number of carboxylic acids is 1. The molecule has 3 rings (SSSR count). The molecule has 0 aromatic heterocycles. The SMILES string of the molecule is CCOc1cc(C2CCC(C(CC)C[C@H](F)C(=O)O)CC2)ccc1-c1cccc(F)c1F. The molecule has 2 aromatic carbocycles. The van der Waals surface area contributed by atoms with Gasteiger partial charge in [-0.2, -0.15) is 0 Å². The lowest BCUT2D eigenvalue weighted by molar-refractivity contribution is -0.143. The van der Waals surface area contributed by atoms with E-state index in [1.165, 1.54) is 6.07 Å². The van der Waals surface area contributed by atoms with Crippen molar-refractivity contribution in [1.82, 2.24) is 0 Å². The maximum absolute atomic E-state index is 14.4. The molecule has 1 N–H and O–H groups in total. The van der Waals surface area contributed by atoms with Gasteiger partial charge in [-0.05, 0) is 74.5 Å². The van der Waals surface area contributed by atoms with Gasteiger partial charge >= 0.3 is 5.97 Å². The summed E-state index contributed by atoms with van der Waals surface area (Å²) in [6.45, 7) is 4.25. The first-order valence-corrected chi connectivity index (χ1v) is 11.4. The van der Waals surface area contributed by atoms with E-state index in [4.69, 9.17) is 9.84 Å². The number of alkyl halides is 1. The molecule has 0 saturated heterocycles. The van der Waals surface area contributed by atoms with Crippen molar-refractivity contribution in [3.8, 4) is 16.9 Å². The molecule has 174 valence electrons. The molecule has 1 saturated carbocycles. The Labute approximate surface area is 187 Å². The molecule has 0 bridgehead atoms. The fourth-order valence-electron chi connectivity index (χ4n) is 4.99. The number of carbonyl (C=O) groups is 1. The number of hydrogen-bond acceptors (Lipinski definition) is 2. The van der Waals surface area contributed by atoms with Gasteiger partial charge in [-0.1, -0.05) is 37.6 Å². The molecule has 2 aromatic rings. The van der Waals surface area contributed by atoms with Crippen LogP contribution >= 0.6 is 0 Å². The maximum atomic E-state index is 14.4. The van der Waals surface area contributed by atoms with Crippen LogP contribution in [0.25, 0.3) is 11.1 Å². The minimum atomic E-state index is -1.80. The third kappa shape index (κ3) is 5.45. The van der Waals surface area contributed by atoms with E-state index in [0.29, 0.717) is 29.8 Å². The summed E-state index contributed by atoms with van der Waals surface area (Å²) in [5.74, 6) is -1.94. The fourth-order valence-corrected chi connectivity index (χ4v) is 4.99. The van der Waals surface area contributed by atoms with Crippen molar-refractivity contribution in [1.29, 1.82) is 0 Å². The number of ether oxygens (including phenoxy) is 1. The molecule has 0 heterocycles.